The molecule has 13 heavy (non-hydrogen) atoms. The standard InChI is InChI=1S/C9H17NO2S/c1-8(5-7-13-2)10-6-3-4-9(11)12/h3-4,8,10H,5-7H2,1-2H3,(H,11,12)/b4-3+. The molecule has 0 aliphatic rings. The molecule has 0 bridgehead atoms. The number of rotatable bonds is 7. The fourth-order valence-corrected chi connectivity index (χ4v) is 1.41. The first kappa shape index (κ1) is 12.5. The van der Waals surface area contributed by atoms with Gasteiger partial charge < -0.3 is 10.4 Å². The van der Waals surface area contributed by atoms with Crippen LogP contribution >= 0.6 is 11.8 Å². The van der Waals surface area contributed by atoms with E-state index in [2.05, 4.69) is 18.5 Å². The van der Waals surface area contributed by atoms with Crippen LogP contribution in [0.1, 0.15) is 13.3 Å². The van der Waals surface area contributed by atoms with Crippen molar-refractivity contribution in [1.29, 1.82) is 0 Å². The summed E-state index contributed by atoms with van der Waals surface area (Å²) < 4.78 is 0. The molecule has 0 aromatic carbocycles. The first-order valence-electron chi connectivity index (χ1n) is 4.28. The van der Waals surface area contributed by atoms with Gasteiger partial charge in [0.1, 0.15) is 0 Å². The van der Waals surface area contributed by atoms with E-state index in [9.17, 15) is 4.79 Å². The third-order valence-electron chi connectivity index (χ3n) is 1.60. The van der Waals surface area contributed by atoms with Crippen molar-refractivity contribution >= 4 is 17.7 Å². The summed E-state index contributed by atoms with van der Waals surface area (Å²) in [6.07, 6.45) is 5.98. The number of thioether (sulfide) groups is 1. The molecular formula is C9H17NO2S. The summed E-state index contributed by atoms with van der Waals surface area (Å²) in [6.45, 7) is 2.73. The second kappa shape index (κ2) is 8.13. The van der Waals surface area contributed by atoms with E-state index in [1.54, 1.807) is 6.08 Å². The molecule has 1 unspecified atom stereocenters. The Morgan fingerprint density at radius 2 is 2.38 bits per heavy atom. The summed E-state index contributed by atoms with van der Waals surface area (Å²) >= 11 is 1.82. The Labute approximate surface area is 83.6 Å². The lowest BCUT2D eigenvalue weighted by Crippen LogP contribution is -2.26. The Balaban J connectivity index is 3.36. The number of carbonyl (C=O) groups is 1. The second-order valence-electron chi connectivity index (χ2n) is 2.83. The van der Waals surface area contributed by atoms with Gasteiger partial charge in [-0.1, -0.05) is 6.08 Å². The van der Waals surface area contributed by atoms with Crippen LogP contribution in [0.4, 0.5) is 0 Å². The van der Waals surface area contributed by atoms with Crippen LogP contribution < -0.4 is 5.32 Å². The minimum absolute atomic E-state index is 0.450. The Morgan fingerprint density at radius 3 is 2.92 bits per heavy atom. The Morgan fingerprint density at radius 1 is 1.69 bits per heavy atom. The van der Waals surface area contributed by atoms with Crippen LogP contribution in [0.2, 0.25) is 0 Å². The van der Waals surface area contributed by atoms with E-state index in [0.29, 0.717) is 12.6 Å². The summed E-state index contributed by atoms with van der Waals surface area (Å²) in [5, 5.41) is 11.5. The lowest BCUT2D eigenvalue weighted by molar-refractivity contribution is -0.131. The molecule has 2 N–H and O–H groups in total. The Bertz CT molecular complexity index is 171. The maximum atomic E-state index is 10.1. The third-order valence-corrected chi connectivity index (χ3v) is 2.24. The first-order valence-corrected chi connectivity index (χ1v) is 5.68. The zero-order valence-corrected chi connectivity index (χ0v) is 8.93. The van der Waals surface area contributed by atoms with Gasteiger partial charge in [0.05, 0.1) is 0 Å². The van der Waals surface area contributed by atoms with Gasteiger partial charge in [-0.3, -0.25) is 0 Å². The van der Waals surface area contributed by atoms with Crippen molar-refractivity contribution in [3.8, 4) is 0 Å². The average molecular weight is 203 g/mol. The number of aliphatic carboxylic acids is 1. The summed E-state index contributed by atoms with van der Waals surface area (Å²) in [5.74, 6) is 0.246. The van der Waals surface area contributed by atoms with E-state index in [1.165, 1.54) is 0 Å². The van der Waals surface area contributed by atoms with Crippen LogP contribution in [-0.2, 0) is 4.79 Å². The molecule has 0 heterocycles. The molecule has 0 aromatic heterocycles. The molecule has 0 spiro atoms. The van der Waals surface area contributed by atoms with E-state index < -0.39 is 5.97 Å². The lowest BCUT2D eigenvalue weighted by atomic mass is 10.2. The molecule has 0 aromatic rings. The van der Waals surface area contributed by atoms with Gasteiger partial charge in [0.15, 0.2) is 0 Å². The first-order chi connectivity index (χ1) is 6.16. The van der Waals surface area contributed by atoms with Gasteiger partial charge in [-0.25, -0.2) is 4.79 Å². The number of hydrogen-bond acceptors (Lipinski definition) is 3. The molecule has 0 rings (SSSR count). The Hall–Kier alpha value is -0.480. The van der Waals surface area contributed by atoms with Crippen molar-refractivity contribution in [2.24, 2.45) is 0 Å². The highest BCUT2D eigenvalue weighted by Crippen LogP contribution is 1.99. The number of hydrogen-bond donors (Lipinski definition) is 2. The van der Waals surface area contributed by atoms with E-state index in [-0.39, 0.29) is 0 Å². The minimum Gasteiger partial charge on any atom is -0.478 e. The molecule has 0 saturated carbocycles. The van der Waals surface area contributed by atoms with Crippen molar-refractivity contribution in [3.05, 3.63) is 12.2 Å². The van der Waals surface area contributed by atoms with Gasteiger partial charge in [0.2, 0.25) is 0 Å². The molecule has 4 heteroatoms. The molecule has 0 saturated heterocycles. The predicted molar refractivity (Wildman–Crippen MR) is 57.2 cm³/mol. The van der Waals surface area contributed by atoms with Gasteiger partial charge in [-0.2, -0.15) is 11.8 Å². The summed E-state index contributed by atoms with van der Waals surface area (Å²) in [6, 6.07) is 0.450. The summed E-state index contributed by atoms with van der Waals surface area (Å²) in [4.78, 5) is 10.1. The molecule has 0 aliphatic heterocycles. The van der Waals surface area contributed by atoms with Crippen LogP contribution in [-0.4, -0.2) is 35.7 Å². The fraction of sp³-hybridized carbons (Fsp3) is 0.667. The predicted octanol–water partition coefficient (Wildman–Crippen LogP) is 1.36. The van der Waals surface area contributed by atoms with Crippen molar-refractivity contribution in [2.45, 2.75) is 19.4 Å². The highest BCUT2D eigenvalue weighted by atomic mass is 32.2. The van der Waals surface area contributed by atoms with Gasteiger partial charge >= 0.3 is 5.97 Å². The van der Waals surface area contributed by atoms with Crippen molar-refractivity contribution in [1.82, 2.24) is 5.32 Å². The van der Waals surface area contributed by atoms with Crippen molar-refractivity contribution < 1.29 is 9.90 Å². The molecule has 0 radical (unpaired) electrons. The number of carboxylic acid groups (broad SMARTS) is 1. The average Bonchev–Trinajstić information content (AvgIpc) is 2.08. The van der Waals surface area contributed by atoms with Gasteiger partial charge in [-0.05, 0) is 25.4 Å². The van der Waals surface area contributed by atoms with Crippen LogP contribution in [0.25, 0.3) is 0 Å². The monoisotopic (exact) mass is 203 g/mol. The summed E-state index contributed by atoms with van der Waals surface area (Å²) in [5.41, 5.74) is 0. The molecule has 1 atom stereocenters. The zero-order valence-electron chi connectivity index (χ0n) is 8.12. The Kier molecular flexibility index (Phi) is 7.83. The van der Waals surface area contributed by atoms with Crippen LogP contribution in [0.3, 0.4) is 0 Å². The molecule has 0 fully saturated rings. The highest BCUT2D eigenvalue weighted by molar-refractivity contribution is 7.98. The van der Waals surface area contributed by atoms with E-state index >= 15 is 0 Å². The maximum Gasteiger partial charge on any atom is 0.328 e. The molecular weight excluding hydrogens is 186 g/mol. The molecule has 0 amide bonds. The molecule has 76 valence electrons. The maximum absolute atomic E-state index is 10.1. The van der Waals surface area contributed by atoms with E-state index in [4.69, 9.17) is 5.11 Å². The molecule has 3 nitrogen and oxygen atoms in total. The van der Waals surface area contributed by atoms with Crippen LogP contribution in [0.5, 0.6) is 0 Å². The SMILES string of the molecule is CSCCC(C)NC/C=C/C(=O)O. The van der Waals surface area contributed by atoms with Crippen LogP contribution in [0.15, 0.2) is 12.2 Å². The van der Waals surface area contributed by atoms with Crippen molar-refractivity contribution in [2.75, 3.05) is 18.6 Å². The van der Waals surface area contributed by atoms with E-state index in [0.717, 1.165) is 18.2 Å². The topological polar surface area (TPSA) is 49.3 Å². The quantitative estimate of drug-likeness (QED) is 0.613. The number of carboxylic acids is 1. The second-order valence-corrected chi connectivity index (χ2v) is 3.82. The van der Waals surface area contributed by atoms with Gasteiger partial charge in [0, 0.05) is 18.7 Å². The lowest BCUT2D eigenvalue weighted by Gasteiger charge is -2.10. The number of nitrogens with one attached hydrogen (secondary N) is 1. The van der Waals surface area contributed by atoms with Crippen LogP contribution in [0, 0.1) is 0 Å². The van der Waals surface area contributed by atoms with E-state index in [1.807, 2.05) is 11.8 Å². The minimum atomic E-state index is -0.890. The van der Waals surface area contributed by atoms with Gasteiger partial charge in [0.25, 0.3) is 0 Å². The van der Waals surface area contributed by atoms with Crippen molar-refractivity contribution in [3.63, 3.8) is 0 Å². The smallest absolute Gasteiger partial charge is 0.328 e. The molecule has 0 aliphatic carbocycles. The fourth-order valence-electron chi connectivity index (χ4n) is 0.826. The summed E-state index contributed by atoms with van der Waals surface area (Å²) in [7, 11) is 0. The third kappa shape index (κ3) is 9.43. The highest BCUT2D eigenvalue weighted by Gasteiger charge is 1.97. The zero-order chi connectivity index (χ0) is 10.1. The normalized spacial score (nSPS) is 13.4. The van der Waals surface area contributed by atoms with Gasteiger partial charge in [-0.15, -0.1) is 0 Å². The largest absolute Gasteiger partial charge is 0.478 e.